The first-order valence-electron chi connectivity index (χ1n) is 5.34. The second-order valence-corrected chi connectivity index (χ2v) is 5.13. The zero-order valence-electron chi connectivity index (χ0n) is 9.46. The third-order valence-corrected chi connectivity index (χ3v) is 4.38. The zero-order chi connectivity index (χ0) is 10.8. The molecule has 15 heavy (non-hydrogen) atoms. The summed E-state index contributed by atoms with van der Waals surface area (Å²) >= 11 is 1.97. The predicted molar refractivity (Wildman–Crippen MR) is 66.2 cm³/mol. The van der Waals surface area contributed by atoms with Crippen LogP contribution >= 0.6 is 11.8 Å². The number of methoxy groups -OCH3 is 1. The van der Waals surface area contributed by atoms with Gasteiger partial charge in [-0.2, -0.15) is 0 Å². The number of thioether (sulfide) groups is 1. The summed E-state index contributed by atoms with van der Waals surface area (Å²) in [5.74, 6) is 0.956. The molecule has 0 aliphatic carbocycles. The molecule has 1 N–H and O–H groups in total. The summed E-state index contributed by atoms with van der Waals surface area (Å²) in [5, 5.41) is 4.16. The molecule has 1 aliphatic rings. The van der Waals surface area contributed by atoms with Gasteiger partial charge in [0.2, 0.25) is 0 Å². The first-order valence-corrected chi connectivity index (χ1v) is 6.22. The van der Waals surface area contributed by atoms with Crippen LogP contribution in [-0.4, -0.2) is 18.9 Å². The van der Waals surface area contributed by atoms with Gasteiger partial charge < -0.3 is 10.1 Å². The minimum Gasteiger partial charge on any atom is -0.495 e. The third kappa shape index (κ3) is 1.93. The number of fused-ring (bicyclic) bond motifs is 1. The molecule has 1 aromatic rings. The van der Waals surface area contributed by atoms with E-state index in [0.717, 1.165) is 12.3 Å². The van der Waals surface area contributed by atoms with Crippen LogP contribution < -0.4 is 10.1 Å². The van der Waals surface area contributed by atoms with Crippen molar-refractivity contribution in [3.8, 4) is 5.75 Å². The van der Waals surface area contributed by atoms with Gasteiger partial charge in [-0.3, -0.25) is 0 Å². The Labute approximate surface area is 95.4 Å². The predicted octanol–water partition coefficient (Wildman–Crippen LogP) is 3.30. The lowest BCUT2D eigenvalue weighted by molar-refractivity contribution is 0.415. The van der Waals surface area contributed by atoms with E-state index in [1.807, 2.05) is 17.8 Å². The van der Waals surface area contributed by atoms with Crippen LogP contribution in [0.2, 0.25) is 0 Å². The Morgan fingerprint density at radius 1 is 1.53 bits per heavy atom. The van der Waals surface area contributed by atoms with E-state index in [9.17, 15) is 0 Å². The Hall–Kier alpha value is -0.830. The van der Waals surface area contributed by atoms with Gasteiger partial charge in [-0.25, -0.2) is 0 Å². The van der Waals surface area contributed by atoms with Crippen molar-refractivity contribution in [2.45, 2.75) is 30.4 Å². The molecule has 0 radical (unpaired) electrons. The first-order chi connectivity index (χ1) is 7.26. The third-order valence-electron chi connectivity index (χ3n) is 2.78. The van der Waals surface area contributed by atoms with Crippen LogP contribution in [-0.2, 0) is 0 Å². The maximum atomic E-state index is 5.36. The Morgan fingerprint density at radius 3 is 3.00 bits per heavy atom. The molecule has 2 rings (SSSR count). The average molecular weight is 223 g/mol. The van der Waals surface area contributed by atoms with Crippen LogP contribution in [0.25, 0.3) is 0 Å². The standard InChI is InChI=1S/C12H17NOS/c1-4-9-7-13-11-10(14-3)6-5-8(2)12(11)15-9/h5-6,9,13H,4,7H2,1-3H3. The molecule has 1 aliphatic heterocycles. The molecule has 0 saturated heterocycles. The Kier molecular flexibility index (Phi) is 3.10. The number of anilines is 1. The average Bonchev–Trinajstić information content (AvgIpc) is 2.29. The van der Waals surface area contributed by atoms with Gasteiger partial charge in [0.25, 0.3) is 0 Å². The number of nitrogens with one attached hydrogen (secondary N) is 1. The van der Waals surface area contributed by atoms with E-state index >= 15 is 0 Å². The fourth-order valence-corrected chi connectivity index (χ4v) is 3.02. The van der Waals surface area contributed by atoms with E-state index in [4.69, 9.17) is 4.74 Å². The van der Waals surface area contributed by atoms with E-state index in [1.165, 1.54) is 22.6 Å². The van der Waals surface area contributed by atoms with Gasteiger partial charge in [0.15, 0.2) is 0 Å². The highest BCUT2D eigenvalue weighted by molar-refractivity contribution is 8.00. The first kappa shape index (κ1) is 10.7. The summed E-state index contributed by atoms with van der Waals surface area (Å²) in [6.45, 7) is 5.43. The number of ether oxygens (including phenoxy) is 1. The topological polar surface area (TPSA) is 21.3 Å². The second kappa shape index (κ2) is 4.35. The van der Waals surface area contributed by atoms with Crippen molar-refractivity contribution < 1.29 is 4.74 Å². The maximum Gasteiger partial charge on any atom is 0.143 e. The normalized spacial score (nSPS) is 19.3. The number of hydrogen-bond acceptors (Lipinski definition) is 3. The largest absolute Gasteiger partial charge is 0.495 e. The van der Waals surface area contributed by atoms with Crippen LogP contribution in [0.4, 0.5) is 5.69 Å². The van der Waals surface area contributed by atoms with Crippen molar-refractivity contribution in [1.82, 2.24) is 0 Å². The van der Waals surface area contributed by atoms with E-state index in [2.05, 4.69) is 25.2 Å². The van der Waals surface area contributed by atoms with Gasteiger partial charge >= 0.3 is 0 Å². The van der Waals surface area contributed by atoms with Crippen molar-refractivity contribution >= 4 is 17.4 Å². The molecule has 0 saturated carbocycles. The van der Waals surface area contributed by atoms with Gasteiger partial charge in [-0.15, -0.1) is 11.8 Å². The van der Waals surface area contributed by atoms with Crippen LogP contribution in [0, 0.1) is 6.92 Å². The SMILES string of the molecule is CCC1CNc2c(OC)ccc(C)c2S1. The van der Waals surface area contributed by atoms with E-state index in [1.54, 1.807) is 7.11 Å². The zero-order valence-corrected chi connectivity index (χ0v) is 10.3. The van der Waals surface area contributed by atoms with E-state index < -0.39 is 0 Å². The molecule has 0 amide bonds. The van der Waals surface area contributed by atoms with Gasteiger partial charge in [-0.05, 0) is 25.0 Å². The van der Waals surface area contributed by atoms with Gasteiger partial charge in [0.05, 0.1) is 12.8 Å². The van der Waals surface area contributed by atoms with Gasteiger partial charge in [0.1, 0.15) is 5.75 Å². The van der Waals surface area contributed by atoms with Crippen LogP contribution in [0.1, 0.15) is 18.9 Å². The maximum absolute atomic E-state index is 5.36. The van der Waals surface area contributed by atoms with Crippen LogP contribution in [0.15, 0.2) is 17.0 Å². The summed E-state index contributed by atoms with van der Waals surface area (Å²) in [6.07, 6.45) is 1.20. The molecule has 82 valence electrons. The summed E-state index contributed by atoms with van der Waals surface area (Å²) in [5.41, 5.74) is 2.51. The minimum absolute atomic E-state index is 0.684. The Morgan fingerprint density at radius 2 is 2.33 bits per heavy atom. The quantitative estimate of drug-likeness (QED) is 0.831. The minimum atomic E-state index is 0.684. The number of rotatable bonds is 2. The van der Waals surface area contributed by atoms with Crippen molar-refractivity contribution in [3.05, 3.63) is 17.7 Å². The molecule has 3 heteroatoms. The fraction of sp³-hybridized carbons (Fsp3) is 0.500. The van der Waals surface area contributed by atoms with Crippen LogP contribution in [0.3, 0.4) is 0 Å². The number of hydrogen-bond donors (Lipinski definition) is 1. The van der Waals surface area contributed by atoms with Crippen molar-refractivity contribution in [1.29, 1.82) is 0 Å². The molecule has 1 unspecified atom stereocenters. The summed E-state index contributed by atoms with van der Waals surface area (Å²) in [4.78, 5) is 1.35. The molecule has 0 fully saturated rings. The molecule has 1 aromatic carbocycles. The van der Waals surface area contributed by atoms with Crippen molar-refractivity contribution in [3.63, 3.8) is 0 Å². The molecular weight excluding hydrogens is 206 g/mol. The number of benzene rings is 1. The van der Waals surface area contributed by atoms with Crippen LogP contribution in [0.5, 0.6) is 5.75 Å². The summed E-state index contributed by atoms with van der Waals surface area (Å²) in [6, 6.07) is 4.17. The van der Waals surface area contributed by atoms with Gasteiger partial charge in [-0.1, -0.05) is 13.0 Å². The molecular formula is C12H17NOS. The van der Waals surface area contributed by atoms with Crippen molar-refractivity contribution in [2.75, 3.05) is 19.0 Å². The summed E-state index contributed by atoms with van der Waals surface area (Å²) in [7, 11) is 1.73. The monoisotopic (exact) mass is 223 g/mol. The molecule has 0 spiro atoms. The lowest BCUT2D eigenvalue weighted by atomic mass is 10.2. The van der Waals surface area contributed by atoms with E-state index in [0.29, 0.717) is 5.25 Å². The highest BCUT2D eigenvalue weighted by Crippen LogP contribution is 2.43. The molecule has 1 heterocycles. The highest BCUT2D eigenvalue weighted by Gasteiger charge is 2.21. The van der Waals surface area contributed by atoms with Crippen molar-refractivity contribution in [2.24, 2.45) is 0 Å². The highest BCUT2D eigenvalue weighted by atomic mass is 32.2. The second-order valence-electron chi connectivity index (χ2n) is 3.82. The Bertz CT molecular complexity index is 365. The summed E-state index contributed by atoms with van der Waals surface area (Å²) < 4.78 is 5.36. The Balaban J connectivity index is 2.40. The van der Waals surface area contributed by atoms with Gasteiger partial charge in [0, 0.05) is 16.7 Å². The van der Waals surface area contributed by atoms with E-state index in [-0.39, 0.29) is 0 Å². The molecule has 2 nitrogen and oxygen atoms in total. The number of aryl methyl sites for hydroxylation is 1. The lowest BCUT2D eigenvalue weighted by Gasteiger charge is -2.27. The molecule has 0 aromatic heterocycles. The fourth-order valence-electron chi connectivity index (χ4n) is 1.81. The smallest absolute Gasteiger partial charge is 0.143 e. The molecule has 0 bridgehead atoms. The lowest BCUT2D eigenvalue weighted by Crippen LogP contribution is -2.21. The molecule has 1 atom stereocenters.